The van der Waals surface area contributed by atoms with Gasteiger partial charge in [0.2, 0.25) is 10.0 Å². The number of thiophene rings is 1. The van der Waals surface area contributed by atoms with Gasteiger partial charge in [-0.05, 0) is 30.3 Å². The van der Waals surface area contributed by atoms with Crippen molar-refractivity contribution >= 4 is 33.0 Å². The second-order valence-electron chi connectivity index (χ2n) is 5.46. The van der Waals surface area contributed by atoms with E-state index in [0.717, 1.165) is 34.0 Å². The molecule has 0 spiro atoms. The van der Waals surface area contributed by atoms with Gasteiger partial charge < -0.3 is 0 Å². The van der Waals surface area contributed by atoms with E-state index >= 15 is 0 Å². The number of sulfonamides is 1. The highest BCUT2D eigenvalue weighted by Gasteiger charge is 2.29. The summed E-state index contributed by atoms with van der Waals surface area (Å²) in [5.74, 6) is -2.22. The van der Waals surface area contributed by atoms with Crippen molar-refractivity contribution in [1.29, 1.82) is 0 Å². The average molecular weight is 393 g/mol. The van der Waals surface area contributed by atoms with Gasteiger partial charge in [0.05, 0.1) is 9.23 Å². The summed E-state index contributed by atoms with van der Waals surface area (Å²) in [5.41, 5.74) is 0. The van der Waals surface area contributed by atoms with Gasteiger partial charge in [0.25, 0.3) is 0 Å². The molecule has 0 aliphatic carbocycles. The van der Waals surface area contributed by atoms with Gasteiger partial charge in [-0.1, -0.05) is 11.6 Å². The Morgan fingerprint density at radius 3 is 2.33 bits per heavy atom. The second-order valence-corrected chi connectivity index (χ2v) is 9.20. The van der Waals surface area contributed by atoms with Gasteiger partial charge in [-0.3, -0.25) is 4.90 Å². The van der Waals surface area contributed by atoms with Crippen LogP contribution in [0.15, 0.2) is 35.2 Å². The zero-order chi connectivity index (χ0) is 17.3. The minimum Gasteiger partial charge on any atom is -0.296 e. The van der Waals surface area contributed by atoms with Crippen molar-refractivity contribution in [3.63, 3.8) is 0 Å². The highest BCUT2D eigenvalue weighted by molar-refractivity contribution is 7.89. The molecule has 1 aromatic carbocycles. The maximum atomic E-state index is 13.3. The lowest BCUT2D eigenvalue weighted by Crippen LogP contribution is -2.48. The van der Waals surface area contributed by atoms with E-state index < -0.39 is 21.7 Å². The van der Waals surface area contributed by atoms with Gasteiger partial charge in [-0.15, -0.1) is 11.3 Å². The fraction of sp³-hybridized carbons (Fsp3) is 0.333. The topological polar surface area (TPSA) is 40.6 Å². The molecule has 1 aromatic heterocycles. The molecule has 0 radical (unpaired) electrons. The Kier molecular flexibility index (Phi) is 5.22. The van der Waals surface area contributed by atoms with E-state index in [9.17, 15) is 17.2 Å². The lowest BCUT2D eigenvalue weighted by molar-refractivity contribution is 0.183. The van der Waals surface area contributed by atoms with Crippen molar-refractivity contribution in [2.75, 3.05) is 26.2 Å². The molecule has 130 valence electrons. The van der Waals surface area contributed by atoms with E-state index in [1.54, 1.807) is 0 Å². The van der Waals surface area contributed by atoms with Crippen molar-refractivity contribution in [3.8, 4) is 0 Å². The van der Waals surface area contributed by atoms with Crippen molar-refractivity contribution < 1.29 is 17.2 Å². The first-order chi connectivity index (χ1) is 11.4. The number of nitrogens with zero attached hydrogens (tertiary/aromatic N) is 2. The van der Waals surface area contributed by atoms with Crippen LogP contribution in [0.4, 0.5) is 8.78 Å². The van der Waals surface area contributed by atoms with E-state index in [1.807, 2.05) is 12.1 Å². The van der Waals surface area contributed by atoms with Crippen molar-refractivity contribution in [3.05, 3.63) is 51.2 Å². The third kappa shape index (κ3) is 3.78. The Balaban J connectivity index is 1.65. The lowest BCUT2D eigenvalue weighted by Gasteiger charge is -2.33. The highest BCUT2D eigenvalue weighted by atomic mass is 35.5. The third-order valence-electron chi connectivity index (χ3n) is 3.87. The minimum atomic E-state index is -3.81. The molecule has 1 saturated heterocycles. The number of hydrogen-bond donors (Lipinski definition) is 0. The van der Waals surface area contributed by atoms with Crippen LogP contribution in [0.25, 0.3) is 0 Å². The van der Waals surface area contributed by atoms with Crippen molar-refractivity contribution in [2.45, 2.75) is 11.4 Å². The van der Waals surface area contributed by atoms with E-state index in [2.05, 4.69) is 4.90 Å². The summed E-state index contributed by atoms with van der Waals surface area (Å²) in [6.45, 7) is 2.47. The van der Waals surface area contributed by atoms with E-state index in [0.29, 0.717) is 26.2 Å². The van der Waals surface area contributed by atoms with Crippen molar-refractivity contribution in [2.24, 2.45) is 0 Å². The summed E-state index contributed by atoms with van der Waals surface area (Å²) in [5, 5.41) is 0. The number of benzene rings is 1. The third-order valence-corrected chi connectivity index (χ3v) is 6.98. The molecule has 0 atom stereocenters. The number of hydrogen-bond acceptors (Lipinski definition) is 4. The van der Waals surface area contributed by atoms with Gasteiger partial charge in [0, 0.05) is 37.6 Å². The Labute approximate surface area is 148 Å². The summed E-state index contributed by atoms with van der Waals surface area (Å²) in [4.78, 5) is 3.04. The summed E-state index contributed by atoms with van der Waals surface area (Å²) in [7, 11) is -3.81. The van der Waals surface area contributed by atoms with Gasteiger partial charge in [0.1, 0.15) is 0 Å². The van der Waals surface area contributed by atoms with Crippen LogP contribution in [0.2, 0.25) is 4.34 Å². The number of piperazine rings is 1. The molecule has 1 aliphatic rings. The molecule has 4 nitrogen and oxygen atoms in total. The molecular formula is C15H15ClF2N2O2S2. The van der Waals surface area contributed by atoms with E-state index in [4.69, 9.17) is 11.6 Å². The molecule has 2 heterocycles. The molecule has 24 heavy (non-hydrogen) atoms. The first kappa shape index (κ1) is 17.8. The molecular weight excluding hydrogens is 378 g/mol. The van der Waals surface area contributed by atoms with Gasteiger partial charge in [0.15, 0.2) is 11.6 Å². The maximum absolute atomic E-state index is 13.3. The highest BCUT2D eigenvalue weighted by Crippen LogP contribution is 2.24. The van der Waals surface area contributed by atoms with E-state index in [-0.39, 0.29) is 4.90 Å². The fourth-order valence-corrected chi connectivity index (χ4v) is 5.14. The second kappa shape index (κ2) is 7.05. The van der Waals surface area contributed by atoms with Crippen LogP contribution in [0.5, 0.6) is 0 Å². The molecule has 1 fully saturated rings. The van der Waals surface area contributed by atoms with E-state index in [1.165, 1.54) is 15.6 Å². The number of halogens is 3. The summed E-state index contributed by atoms with van der Waals surface area (Å²) in [6.07, 6.45) is 0. The molecule has 0 bridgehead atoms. The Morgan fingerprint density at radius 2 is 1.75 bits per heavy atom. The maximum Gasteiger partial charge on any atom is 0.243 e. The van der Waals surface area contributed by atoms with Gasteiger partial charge in [-0.25, -0.2) is 17.2 Å². The molecule has 0 unspecified atom stereocenters. The predicted octanol–water partition coefficient (Wildman–Crippen LogP) is 3.19. The zero-order valence-electron chi connectivity index (χ0n) is 12.6. The van der Waals surface area contributed by atoms with Crippen LogP contribution in [-0.4, -0.2) is 43.8 Å². The van der Waals surface area contributed by atoms with Gasteiger partial charge >= 0.3 is 0 Å². The molecule has 2 aromatic rings. The van der Waals surface area contributed by atoms with Gasteiger partial charge in [-0.2, -0.15) is 4.31 Å². The standard InChI is InChI=1S/C15H15ClF2N2O2S2/c16-15-4-1-11(23-15)10-19-5-7-20(8-6-19)24(21,22)12-2-3-13(17)14(18)9-12/h1-4,9H,5-8,10H2. The average Bonchev–Trinajstić information content (AvgIpc) is 2.95. The van der Waals surface area contributed by atoms with Crippen LogP contribution in [0, 0.1) is 11.6 Å². The summed E-state index contributed by atoms with van der Waals surface area (Å²) < 4.78 is 53.4. The molecule has 3 rings (SSSR count). The quantitative estimate of drug-likeness (QED) is 0.802. The van der Waals surface area contributed by atoms with Crippen LogP contribution in [0.1, 0.15) is 4.88 Å². The molecule has 0 saturated carbocycles. The Hall–Kier alpha value is -1.06. The van der Waals surface area contributed by atoms with Crippen molar-refractivity contribution in [1.82, 2.24) is 9.21 Å². The van der Waals surface area contributed by atoms with Crippen LogP contribution >= 0.6 is 22.9 Å². The molecule has 0 N–H and O–H groups in total. The number of rotatable bonds is 4. The SMILES string of the molecule is O=S(=O)(c1ccc(F)c(F)c1)N1CCN(Cc2ccc(Cl)s2)CC1. The molecule has 1 aliphatic heterocycles. The minimum absolute atomic E-state index is 0.222. The summed E-state index contributed by atoms with van der Waals surface area (Å²) in [6, 6.07) is 6.44. The zero-order valence-corrected chi connectivity index (χ0v) is 15.0. The smallest absolute Gasteiger partial charge is 0.243 e. The fourth-order valence-electron chi connectivity index (χ4n) is 2.57. The first-order valence-corrected chi connectivity index (χ1v) is 9.91. The normalized spacial score (nSPS) is 17.3. The Morgan fingerprint density at radius 1 is 1.04 bits per heavy atom. The first-order valence-electron chi connectivity index (χ1n) is 7.28. The monoisotopic (exact) mass is 392 g/mol. The lowest BCUT2D eigenvalue weighted by atomic mass is 10.3. The largest absolute Gasteiger partial charge is 0.296 e. The van der Waals surface area contributed by atoms with Crippen LogP contribution < -0.4 is 0 Å². The molecule has 9 heteroatoms. The predicted molar refractivity (Wildman–Crippen MR) is 89.7 cm³/mol. The van der Waals surface area contributed by atoms with Crippen LogP contribution in [0.3, 0.4) is 0 Å². The molecule has 0 amide bonds. The Bertz CT molecular complexity index is 834. The van der Waals surface area contributed by atoms with Crippen LogP contribution in [-0.2, 0) is 16.6 Å². The summed E-state index contributed by atoms with van der Waals surface area (Å²) >= 11 is 7.41.